The van der Waals surface area contributed by atoms with Crippen molar-refractivity contribution < 1.29 is 33.5 Å². The second-order valence-corrected chi connectivity index (χ2v) is 6.27. The first-order chi connectivity index (χ1) is 9.85. The van der Waals surface area contributed by atoms with Gasteiger partial charge < -0.3 is 33.5 Å². The number of halogens is 1. The predicted octanol–water partition coefficient (Wildman–Crippen LogP) is 0.663. The summed E-state index contributed by atoms with van der Waals surface area (Å²) in [7, 11) is 4.52. The lowest BCUT2D eigenvalue weighted by Gasteiger charge is -2.56. The van der Waals surface area contributed by atoms with Gasteiger partial charge in [-0.1, -0.05) is 22.6 Å². The van der Waals surface area contributed by atoms with E-state index in [1.165, 1.54) is 21.3 Å². The van der Waals surface area contributed by atoms with Crippen molar-refractivity contribution >= 4 is 22.6 Å². The first-order valence-electron chi connectivity index (χ1n) is 6.74. The number of hydrogen-bond donors (Lipinski definition) is 1. The van der Waals surface area contributed by atoms with Crippen molar-refractivity contribution in [2.75, 3.05) is 25.8 Å². The topological polar surface area (TPSA) is 75.6 Å². The monoisotopic (exact) mass is 418 g/mol. The fourth-order valence-corrected chi connectivity index (χ4v) is 3.40. The van der Waals surface area contributed by atoms with E-state index in [2.05, 4.69) is 22.6 Å². The number of aliphatic hydroxyl groups is 1. The maximum Gasteiger partial charge on any atom is 0.220 e. The lowest BCUT2D eigenvalue weighted by Crippen LogP contribution is -2.72. The van der Waals surface area contributed by atoms with Crippen LogP contribution in [0.4, 0.5) is 0 Å². The number of ether oxygens (including phenoxy) is 6. The van der Waals surface area contributed by atoms with Gasteiger partial charge in [0.25, 0.3) is 0 Å². The van der Waals surface area contributed by atoms with E-state index in [4.69, 9.17) is 28.4 Å². The molecule has 2 aliphatic heterocycles. The van der Waals surface area contributed by atoms with Crippen LogP contribution in [0.15, 0.2) is 0 Å². The molecule has 0 aromatic heterocycles. The number of alkyl halides is 1. The number of rotatable bonds is 4. The van der Waals surface area contributed by atoms with Crippen LogP contribution < -0.4 is 0 Å². The summed E-state index contributed by atoms with van der Waals surface area (Å²) in [6.45, 7) is 3.46. The van der Waals surface area contributed by atoms with Gasteiger partial charge in [-0.05, 0) is 13.8 Å². The van der Waals surface area contributed by atoms with E-state index in [0.29, 0.717) is 4.43 Å². The van der Waals surface area contributed by atoms with Gasteiger partial charge in [-0.25, -0.2) is 0 Å². The van der Waals surface area contributed by atoms with Crippen molar-refractivity contribution in [1.29, 1.82) is 0 Å². The molecule has 8 heteroatoms. The van der Waals surface area contributed by atoms with E-state index in [1.807, 2.05) is 0 Å². The molecule has 0 bridgehead atoms. The zero-order chi connectivity index (χ0) is 15.8. The van der Waals surface area contributed by atoms with Gasteiger partial charge in [-0.15, -0.1) is 0 Å². The minimum absolute atomic E-state index is 0.278. The maximum absolute atomic E-state index is 10.4. The highest BCUT2D eigenvalue weighted by Crippen LogP contribution is 2.43. The van der Waals surface area contributed by atoms with E-state index in [1.54, 1.807) is 13.8 Å². The highest BCUT2D eigenvalue weighted by molar-refractivity contribution is 14.1. The minimum atomic E-state index is -1.16. The third-order valence-corrected chi connectivity index (χ3v) is 5.19. The van der Waals surface area contributed by atoms with Crippen LogP contribution in [0.3, 0.4) is 0 Å². The summed E-state index contributed by atoms with van der Waals surface area (Å²) in [5.74, 6) is -2.27. The maximum atomic E-state index is 10.4. The Morgan fingerprint density at radius 2 is 1.57 bits per heavy atom. The molecule has 7 atom stereocenters. The largest absolute Gasteiger partial charge is 0.385 e. The Hall–Kier alpha value is 0.450. The van der Waals surface area contributed by atoms with Gasteiger partial charge in [0.2, 0.25) is 11.6 Å². The summed E-state index contributed by atoms with van der Waals surface area (Å²) in [5, 5.41) is 10.4. The van der Waals surface area contributed by atoms with Crippen LogP contribution in [0.2, 0.25) is 0 Å². The van der Waals surface area contributed by atoms with Crippen LogP contribution in [0.25, 0.3) is 0 Å². The van der Waals surface area contributed by atoms with Crippen LogP contribution in [0.1, 0.15) is 13.8 Å². The molecule has 124 valence electrons. The van der Waals surface area contributed by atoms with Gasteiger partial charge in [0.05, 0.1) is 6.10 Å². The number of methoxy groups -OCH3 is 3. The zero-order valence-electron chi connectivity index (χ0n) is 12.9. The van der Waals surface area contributed by atoms with Crippen LogP contribution >= 0.6 is 22.6 Å². The Morgan fingerprint density at radius 3 is 2.00 bits per heavy atom. The standard InChI is InChI=1S/C13H23IO7/c1-12(17-4)13(2,18-5)21-10-8(15)11(16-3)19-7(6-14)9(10)20-12/h7-11,15H,6H2,1-5H3/t7-,8-,9-,10-,11+,12-,13-/m1/s1. The first-order valence-corrected chi connectivity index (χ1v) is 8.26. The molecule has 0 aromatic carbocycles. The molecule has 1 N–H and O–H groups in total. The number of fused-ring (bicyclic) bond motifs is 1. The lowest BCUT2D eigenvalue weighted by atomic mass is 9.94. The number of hydrogen-bond acceptors (Lipinski definition) is 7. The molecule has 0 aliphatic carbocycles. The molecule has 0 unspecified atom stereocenters. The van der Waals surface area contributed by atoms with Gasteiger partial charge in [0, 0.05) is 25.8 Å². The zero-order valence-corrected chi connectivity index (χ0v) is 15.0. The molecule has 2 heterocycles. The Morgan fingerprint density at radius 1 is 1.05 bits per heavy atom. The lowest BCUT2D eigenvalue weighted by molar-refractivity contribution is -0.477. The summed E-state index contributed by atoms with van der Waals surface area (Å²) < 4.78 is 34.6. The normalized spacial score (nSPS) is 50.7. The van der Waals surface area contributed by atoms with Crippen LogP contribution in [-0.4, -0.2) is 73.1 Å². The second-order valence-electron chi connectivity index (χ2n) is 5.39. The van der Waals surface area contributed by atoms with Crippen molar-refractivity contribution in [3.63, 3.8) is 0 Å². The molecule has 2 fully saturated rings. The van der Waals surface area contributed by atoms with Crippen molar-refractivity contribution in [3.05, 3.63) is 0 Å². The molecule has 2 rings (SSSR count). The number of aliphatic hydroxyl groups excluding tert-OH is 1. The van der Waals surface area contributed by atoms with E-state index < -0.39 is 36.2 Å². The van der Waals surface area contributed by atoms with Crippen LogP contribution in [0, 0.1) is 0 Å². The van der Waals surface area contributed by atoms with E-state index in [9.17, 15) is 5.11 Å². The van der Waals surface area contributed by atoms with Crippen molar-refractivity contribution in [2.24, 2.45) is 0 Å². The Labute approximate surface area is 138 Å². The molecule has 0 amide bonds. The average molecular weight is 418 g/mol. The quantitative estimate of drug-likeness (QED) is 0.531. The Balaban J connectivity index is 2.33. The van der Waals surface area contributed by atoms with Crippen molar-refractivity contribution in [1.82, 2.24) is 0 Å². The molecular weight excluding hydrogens is 395 g/mol. The molecule has 2 aliphatic rings. The summed E-state index contributed by atoms with van der Waals surface area (Å²) >= 11 is 2.20. The van der Waals surface area contributed by atoms with Gasteiger partial charge >= 0.3 is 0 Å². The Bertz CT molecular complexity index is 370. The SMILES string of the molecule is CO[C@H]1O[C@H](CI)[C@H]2O[C@@](C)(OC)[C@](C)(OC)O[C@@H]2[C@H]1O. The van der Waals surface area contributed by atoms with Crippen LogP contribution in [-0.2, 0) is 28.4 Å². The van der Waals surface area contributed by atoms with E-state index in [-0.39, 0.29) is 6.10 Å². The molecule has 7 nitrogen and oxygen atoms in total. The van der Waals surface area contributed by atoms with Crippen molar-refractivity contribution in [2.45, 2.75) is 56.1 Å². The van der Waals surface area contributed by atoms with Gasteiger partial charge in [-0.2, -0.15) is 0 Å². The fourth-order valence-electron chi connectivity index (χ4n) is 2.69. The average Bonchev–Trinajstić information content (AvgIpc) is 2.50. The van der Waals surface area contributed by atoms with Gasteiger partial charge in [0.1, 0.15) is 18.3 Å². The van der Waals surface area contributed by atoms with Crippen molar-refractivity contribution in [3.8, 4) is 0 Å². The fraction of sp³-hybridized carbons (Fsp3) is 1.00. The molecular formula is C13H23IO7. The summed E-state index contributed by atoms with van der Waals surface area (Å²) in [6, 6.07) is 0. The third-order valence-electron chi connectivity index (χ3n) is 4.32. The highest BCUT2D eigenvalue weighted by atomic mass is 127. The predicted molar refractivity (Wildman–Crippen MR) is 81.1 cm³/mol. The van der Waals surface area contributed by atoms with Gasteiger partial charge in [0.15, 0.2) is 6.29 Å². The third kappa shape index (κ3) is 2.85. The van der Waals surface area contributed by atoms with E-state index >= 15 is 0 Å². The molecule has 0 aromatic rings. The molecule has 0 saturated carbocycles. The Kier molecular flexibility index (Phi) is 5.52. The molecule has 0 radical (unpaired) electrons. The summed E-state index contributed by atoms with van der Waals surface area (Å²) in [5.41, 5.74) is 0. The highest BCUT2D eigenvalue weighted by Gasteiger charge is 2.62. The summed E-state index contributed by atoms with van der Waals surface area (Å²) in [4.78, 5) is 0. The molecule has 2 saturated heterocycles. The minimum Gasteiger partial charge on any atom is -0.385 e. The second kappa shape index (κ2) is 6.52. The molecule has 21 heavy (non-hydrogen) atoms. The molecule has 0 spiro atoms. The van der Waals surface area contributed by atoms with Gasteiger partial charge in [-0.3, -0.25) is 0 Å². The summed E-state index contributed by atoms with van der Waals surface area (Å²) in [6.07, 6.45) is -3.12. The van der Waals surface area contributed by atoms with Crippen LogP contribution in [0.5, 0.6) is 0 Å². The smallest absolute Gasteiger partial charge is 0.220 e. The van der Waals surface area contributed by atoms with E-state index in [0.717, 1.165) is 0 Å². The first kappa shape index (κ1) is 17.8.